The van der Waals surface area contributed by atoms with Crippen LogP contribution in [0.2, 0.25) is 0 Å². The van der Waals surface area contributed by atoms with E-state index < -0.39 is 10.8 Å². The van der Waals surface area contributed by atoms with E-state index in [-0.39, 0.29) is 5.25 Å². The second-order valence-corrected chi connectivity index (χ2v) is 7.00. The minimum Gasteiger partial charge on any atom is -0.497 e. The summed E-state index contributed by atoms with van der Waals surface area (Å²) in [5.74, 6) is 1.43. The zero-order valence-electron chi connectivity index (χ0n) is 11.9. The van der Waals surface area contributed by atoms with E-state index in [1.807, 2.05) is 31.3 Å². The Morgan fingerprint density at radius 3 is 2.84 bits per heavy atom. The minimum atomic E-state index is -0.975. The Hall–Kier alpha value is -0.870. The molecule has 2 rings (SSSR count). The van der Waals surface area contributed by atoms with Gasteiger partial charge in [0.1, 0.15) is 5.75 Å². The maximum absolute atomic E-state index is 12.8. The first kappa shape index (κ1) is 14.5. The largest absolute Gasteiger partial charge is 0.497 e. The molecular weight excluding hydrogens is 258 g/mol. The molecule has 1 aromatic carbocycles. The average molecular weight is 281 g/mol. The van der Waals surface area contributed by atoms with Crippen molar-refractivity contribution in [3.05, 3.63) is 24.3 Å². The number of hydrogen-bond acceptors (Lipinski definition) is 3. The highest BCUT2D eigenvalue weighted by Gasteiger charge is 2.32. The van der Waals surface area contributed by atoms with E-state index in [2.05, 4.69) is 12.2 Å². The predicted octanol–water partition coefficient (Wildman–Crippen LogP) is 2.58. The molecule has 4 unspecified atom stereocenters. The number of nitrogens with one attached hydrogen (secondary N) is 1. The molecule has 4 atom stereocenters. The summed E-state index contributed by atoms with van der Waals surface area (Å²) in [7, 11) is 2.63. The van der Waals surface area contributed by atoms with Crippen molar-refractivity contribution >= 4 is 10.8 Å². The van der Waals surface area contributed by atoms with Gasteiger partial charge in [0.2, 0.25) is 0 Å². The van der Waals surface area contributed by atoms with Gasteiger partial charge in [0, 0.05) is 10.9 Å². The summed E-state index contributed by atoms with van der Waals surface area (Å²) >= 11 is 0. The molecule has 0 bridgehead atoms. The SMILES string of the molecule is CNC1CCC(C)CC1S(=O)c1cccc(OC)c1. The monoisotopic (exact) mass is 281 g/mol. The van der Waals surface area contributed by atoms with Crippen molar-refractivity contribution in [2.75, 3.05) is 14.2 Å². The lowest BCUT2D eigenvalue weighted by atomic mass is 9.87. The quantitative estimate of drug-likeness (QED) is 0.922. The van der Waals surface area contributed by atoms with Gasteiger partial charge in [-0.25, -0.2) is 0 Å². The normalized spacial score (nSPS) is 28.9. The zero-order chi connectivity index (χ0) is 13.8. The molecule has 0 radical (unpaired) electrons. The van der Waals surface area contributed by atoms with Crippen LogP contribution in [0, 0.1) is 5.92 Å². The van der Waals surface area contributed by atoms with Crippen molar-refractivity contribution in [3.8, 4) is 5.75 Å². The maximum Gasteiger partial charge on any atom is 0.120 e. The minimum absolute atomic E-state index is 0.195. The summed E-state index contributed by atoms with van der Waals surface area (Å²) in [5, 5.41) is 3.52. The molecule has 0 spiro atoms. The Bertz CT molecular complexity index is 450. The molecular formula is C15H23NO2S. The summed E-state index contributed by atoms with van der Waals surface area (Å²) < 4.78 is 18.0. The van der Waals surface area contributed by atoms with Crippen LogP contribution in [0.5, 0.6) is 5.75 Å². The van der Waals surface area contributed by atoms with Gasteiger partial charge in [-0.3, -0.25) is 4.21 Å². The van der Waals surface area contributed by atoms with Gasteiger partial charge in [0.05, 0.1) is 23.2 Å². The fourth-order valence-corrected chi connectivity index (χ4v) is 4.67. The van der Waals surface area contributed by atoms with Gasteiger partial charge in [0.25, 0.3) is 0 Å². The van der Waals surface area contributed by atoms with Crippen LogP contribution in [-0.2, 0) is 10.8 Å². The molecule has 0 aromatic heterocycles. The third kappa shape index (κ3) is 3.37. The first-order valence-corrected chi connectivity index (χ1v) is 8.09. The summed E-state index contributed by atoms with van der Waals surface area (Å²) in [6.07, 6.45) is 3.35. The van der Waals surface area contributed by atoms with Gasteiger partial charge >= 0.3 is 0 Å². The average Bonchev–Trinajstić information content (AvgIpc) is 2.46. The first-order chi connectivity index (χ1) is 9.15. The molecule has 106 valence electrons. The molecule has 1 saturated carbocycles. The fourth-order valence-electron chi connectivity index (χ4n) is 2.80. The van der Waals surface area contributed by atoms with Crippen LogP contribution in [-0.4, -0.2) is 29.7 Å². The molecule has 1 fully saturated rings. The Morgan fingerprint density at radius 2 is 2.16 bits per heavy atom. The van der Waals surface area contributed by atoms with Crippen LogP contribution in [0.3, 0.4) is 0 Å². The summed E-state index contributed by atoms with van der Waals surface area (Å²) in [6, 6.07) is 7.97. The summed E-state index contributed by atoms with van der Waals surface area (Å²) in [4.78, 5) is 0.874. The summed E-state index contributed by atoms with van der Waals surface area (Å²) in [6.45, 7) is 2.25. The lowest BCUT2D eigenvalue weighted by Gasteiger charge is -2.34. The van der Waals surface area contributed by atoms with Crippen LogP contribution in [0.25, 0.3) is 0 Å². The van der Waals surface area contributed by atoms with Crippen molar-refractivity contribution in [2.24, 2.45) is 5.92 Å². The second-order valence-electron chi connectivity index (χ2n) is 5.33. The van der Waals surface area contributed by atoms with E-state index >= 15 is 0 Å². The van der Waals surface area contributed by atoms with Gasteiger partial charge in [-0.15, -0.1) is 0 Å². The molecule has 3 nitrogen and oxygen atoms in total. The number of ether oxygens (including phenoxy) is 1. The highest BCUT2D eigenvalue weighted by Crippen LogP contribution is 2.30. The molecule has 1 aliphatic carbocycles. The third-order valence-electron chi connectivity index (χ3n) is 3.97. The van der Waals surface area contributed by atoms with Crippen molar-refractivity contribution in [1.82, 2.24) is 5.32 Å². The first-order valence-electron chi connectivity index (χ1n) is 6.87. The van der Waals surface area contributed by atoms with Gasteiger partial charge in [-0.05, 0) is 50.4 Å². The number of benzene rings is 1. The molecule has 1 aromatic rings. The predicted molar refractivity (Wildman–Crippen MR) is 79.1 cm³/mol. The van der Waals surface area contributed by atoms with Gasteiger partial charge < -0.3 is 10.1 Å². The van der Waals surface area contributed by atoms with Crippen LogP contribution >= 0.6 is 0 Å². The zero-order valence-corrected chi connectivity index (χ0v) is 12.7. The lowest BCUT2D eigenvalue weighted by molar-refractivity contribution is 0.324. The molecule has 0 heterocycles. The lowest BCUT2D eigenvalue weighted by Crippen LogP contribution is -2.44. The molecule has 4 heteroatoms. The van der Waals surface area contributed by atoms with Crippen molar-refractivity contribution < 1.29 is 8.95 Å². The Labute approximate surface area is 118 Å². The smallest absolute Gasteiger partial charge is 0.120 e. The molecule has 19 heavy (non-hydrogen) atoms. The van der Waals surface area contributed by atoms with E-state index in [4.69, 9.17) is 4.74 Å². The van der Waals surface area contributed by atoms with Gasteiger partial charge in [-0.1, -0.05) is 13.0 Å². The van der Waals surface area contributed by atoms with Crippen LogP contribution in [0.15, 0.2) is 29.2 Å². The third-order valence-corrected chi connectivity index (χ3v) is 5.76. The van der Waals surface area contributed by atoms with Gasteiger partial charge in [-0.2, -0.15) is 0 Å². The van der Waals surface area contributed by atoms with Crippen molar-refractivity contribution in [1.29, 1.82) is 0 Å². The van der Waals surface area contributed by atoms with E-state index in [9.17, 15) is 4.21 Å². The van der Waals surface area contributed by atoms with E-state index in [1.165, 1.54) is 6.42 Å². The number of methoxy groups -OCH3 is 1. The van der Waals surface area contributed by atoms with E-state index in [1.54, 1.807) is 7.11 Å². The molecule has 0 aliphatic heterocycles. The topological polar surface area (TPSA) is 38.3 Å². The Balaban J connectivity index is 2.20. The molecule has 0 saturated heterocycles. The number of rotatable bonds is 4. The standard InChI is InChI=1S/C15H23NO2S/c1-11-7-8-14(16-2)15(9-11)19(17)13-6-4-5-12(10-13)18-3/h4-6,10-11,14-16H,7-9H2,1-3H3. The molecule has 1 N–H and O–H groups in total. The Morgan fingerprint density at radius 1 is 1.37 bits per heavy atom. The fraction of sp³-hybridized carbons (Fsp3) is 0.600. The highest BCUT2D eigenvalue weighted by molar-refractivity contribution is 7.85. The number of hydrogen-bond donors (Lipinski definition) is 1. The Kier molecular flexibility index (Phi) is 4.99. The van der Waals surface area contributed by atoms with Gasteiger partial charge in [0.15, 0.2) is 0 Å². The van der Waals surface area contributed by atoms with Crippen LogP contribution < -0.4 is 10.1 Å². The van der Waals surface area contributed by atoms with Crippen molar-refractivity contribution in [3.63, 3.8) is 0 Å². The molecule has 1 aliphatic rings. The summed E-state index contributed by atoms with van der Waals surface area (Å²) in [5.41, 5.74) is 0. The van der Waals surface area contributed by atoms with Crippen molar-refractivity contribution in [2.45, 2.75) is 42.4 Å². The second kappa shape index (κ2) is 6.53. The highest BCUT2D eigenvalue weighted by atomic mass is 32.2. The van der Waals surface area contributed by atoms with Crippen LogP contribution in [0.4, 0.5) is 0 Å². The van der Waals surface area contributed by atoms with E-state index in [0.29, 0.717) is 12.0 Å². The van der Waals surface area contributed by atoms with E-state index in [0.717, 1.165) is 23.5 Å². The molecule has 0 amide bonds. The maximum atomic E-state index is 12.8. The van der Waals surface area contributed by atoms with Crippen LogP contribution in [0.1, 0.15) is 26.2 Å².